The van der Waals surface area contributed by atoms with Crippen molar-refractivity contribution in [1.29, 1.82) is 0 Å². The molecule has 0 spiro atoms. The number of nitrogens with one attached hydrogen (secondary N) is 1. The van der Waals surface area contributed by atoms with Crippen LogP contribution >= 0.6 is 0 Å². The van der Waals surface area contributed by atoms with Gasteiger partial charge in [0, 0.05) is 32.7 Å². The fourth-order valence-corrected chi connectivity index (χ4v) is 3.89. The summed E-state index contributed by atoms with van der Waals surface area (Å²) in [5.74, 6) is 0.731. The molecule has 0 aliphatic carbocycles. The SMILES string of the molecule is CNC1CCN(S(=O)(=O)N(C)Cc2cccc(OC)c2)C1. The molecule has 0 radical (unpaired) electrons. The third kappa shape index (κ3) is 3.74. The first-order valence-corrected chi connectivity index (χ1v) is 8.38. The lowest BCUT2D eigenvalue weighted by molar-refractivity contribution is 0.385. The topological polar surface area (TPSA) is 61.9 Å². The summed E-state index contributed by atoms with van der Waals surface area (Å²) in [5, 5.41) is 3.13. The van der Waals surface area contributed by atoms with Gasteiger partial charge in [0.1, 0.15) is 5.75 Å². The highest BCUT2D eigenvalue weighted by molar-refractivity contribution is 7.86. The highest BCUT2D eigenvalue weighted by atomic mass is 32.2. The van der Waals surface area contributed by atoms with Crippen LogP contribution in [0.1, 0.15) is 12.0 Å². The van der Waals surface area contributed by atoms with Gasteiger partial charge in [-0.05, 0) is 31.2 Å². The van der Waals surface area contributed by atoms with E-state index in [0.717, 1.165) is 17.7 Å². The van der Waals surface area contributed by atoms with Crippen molar-refractivity contribution < 1.29 is 13.2 Å². The van der Waals surface area contributed by atoms with Crippen molar-refractivity contribution in [3.63, 3.8) is 0 Å². The quantitative estimate of drug-likeness (QED) is 0.838. The smallest absolute Gasteiger partial charge is 0.282 e. The molecule has 1 aliphatic rings. The van der Waals surface area contributed by atoms with Crippen LogP contribution in [0.5, 0.6) is 5.75 Å². The number of likely N-dealkylation sites (N-methyl/N-ethyl adjacent to an activating group) is 1. The van der Waals surface area contributed by atoms with Gasteiger partial charge >= 0.3 is 0 Å². The van der Waals surface area contributed by atoms with Crippen molar-refractivity contribution in [3.05, 3.63) is 29.8 Å². The van der Waals surface area contributed by atoms with Crippen LogP contribution < -0.4 is 10.1 Å². The van der Waals surface area contributed by atoms with Gasteiger partial charge in [-0.2, -0.15) is 17.0 Å². The van der Waals surface area contributed by atoms with Crippen molar-refractivity contribution in [2.75, 3.05) is 34.3 Å². The fraction of sp³-hybridized carbons (Fsp3) is 0.571. The summed E-state index contributed by atoms with van der Waals surface area (Å²) in [5.41, 5.74) is 0.907. The molecule has 0 amide bonds. The van der Waals surface area contributed by atoms with E-state index in [1.807, 2.05) is 31.3 Å². The summed E-state index contributed by atoms with van der Waals surface area (Å²) >= 11 is 0. The number of hydrogen-bond acceptors (Lipinski definition) is 4. The maximum Gasteiger partial charge on any atom is 0.282 e. The van der Waals surface area contributed by atoms with Gasteiger partial charge in [-0.3, -0.25) is 0 Å². The largest absolute Gasteiger partial charge is 0.497 e. The Morgan fingerprint density at radius 2 is 2.24 bits per heavy atom. The molecule has 1 fully saturated rings. The van der Waals surface area contributed by atoms with Gasteiger partial charge in [0.05, 0.1) is 7.11 Å². The maximum absolute atomic E-state index is 12.5. The molecule has 1 N–H and O–H groups in total. The van der Waals surface area contributed by atoms with Crippen LogP contribution in [-0.2, 0) is 16.8 Å². The van der Waals surface area contributed by atoms with Gasteiger partial charge in [0.25, 0.3) is 10.2 Å². The minimum atomic E-state index is -3.41. The number of rotatable bonds is 6. The van der Waals surface area contributed by atoms with E-state index in [0.29, 0.717) is 19.6 Å². The average Bonchev–Trinajstić information content (AvgIpc) is 2.97. The lowest BCUT2D eigenvalue weighted by Gasteiger charge is -2.24. The van der Waals surface area contributed by atoms with E-state index in [1.165, 1.54) is 8.61 Å². The molecule has 6 nitrogen and oxygen atoms in total. The fourth-order valence-electron chi connectivity index (χ4n) is 2.48. The van der Waals surface area contributed by atoms with Crippen molar-refractivity contribution in [1.82, 2.24) is 13.9 Å². The molecule has 21 heavy (non-hydrogen) atoms. The number of methoxy groups -OCH3 is 1. The van der Waals surface area contributed by atoms with E-state index in [4.69, 9.17) is 4.74 Å². The molecule has 1 unspecified atom stereocenters. The zero-order valence-corrected chi connectivity index (χ0v) is 13.6. The second-order valence-corrected chi connectivity index (χ2v) is 7.28. The molecule has 7 heteroatoms. The summed E-state index contributed by atoms with van der Waals surface area (Å²) in [6.45, 7) is 1.43. The number of hydrogen-bond donors (Lipinski definition) is 1. The van der Waals surface area contributed by atoms with Crippen molar-refractivity contribution in [3.8, 4) is 5.75 Å². The first-order chi connectivity index (χ1) is 9.97. The third-order valence-electron chi connectivity index (χ3n) is 3.82. The van der Waals surface area contributed by atoms with Gasteiger partial charge in [0.2, 0.25) is 0 Å². The van der Waals surface area contributed by atoms with Crippen molar-refractivity contribution >= 4 is 10.2 Å². The molecule has 1 atom stereocenters. The molecule has 0 bridgehead atoms. The summed E-state index contributed by atoms with van der Waals surface area (Å²) in [4.78, 5) is 0. The third-order valence-corrected chi connectivity index (χ3v) is 5.72. The lowest BCUT2D eigenvalue weighted by atomic mass is 10.2. The average molecular weight is 313 g/mol. The molecule has 0 aromatic heterocycles. The molecule has 1 aromatic rings. The van der Waals surface area contributed by atoms with Crippen molar-refractivity contribution in [2.45, 2.75) is 19.0 Å². The van der Waals surface area contributed by atoms with Gasteiger partial charge in [-0.15, -0.1) is 0 Å². The highest BCUT2D eigenvalue weighted by Crippen LogP contribution is 2.19. The van der Waals surface area contributed by atoms with Gasteiger partial charge in [0.15, 0.2) is 0 Å². The number of nitrogens with zero attached hydrogens (tertiary/aromatic N) is 2. The van der Waals surface area contributed by atoms with Crippen LogP contribution in [0, 0.1) is 0 Å². The predicted octanol–water partition coefficient (Wildman–Crippen LogP) is 0.666. The molecule has 0 saturated carbocycles. The zero-order valence-electron chi connectivity index (χ0n) is 12.7. The molecular weight excluding hydrogens is 290 g/mol. The first-order valence-electron chi connectivity index (χ1n) is 6.99. The van der Waals surface area contributed by atoms with Crippen LogP contribution in [-0.4, -0.2) is 57.4 Å². The van der Waals surface area contributed by atoms with Crippen LogP contribution in [0.2, 0.25) is 0 Å². The van der Waals surface area contributed by atoms with Crippen LogP contribution in [0.4, 0.5) is 0 Å². The normalized spacial score (nSPS) is 20.1. The molecule has 118 valence electrons. The minimum absolute atomic E-state index is 0.241. The maximum atomic E-state index is 12.5. The van der Waals surface area contributed by atoms with Gasteiger partial charge in [-0.25, -0.2) is 0 Å². The van der Waals surface area contributed by atoms with Gasteiger partial charge < -0.3 is 10.1 Å². The molecule has 1 saturated heterocycles. The van der Waals surface area contributed by atoms with E-state index in [9.17, 15) is 8.42 Å². The van der Waals surface area contributed by atoms with E-state index < -0.39 is 10.2 Å². The second kappa shape index (κ2) is 6.74. The Labute approximate surface area is 126 Å². The standard InChI is InChI=1S/C14H23N3O3S/c1-15-13-7-8-17(11-13)21(18,19)16(2)10-12-5-4-6-14(9-12)20-3/h4-6,9,13,15H,7-8,10-11H2,1-3H3. The molecule has 1 aliphatic heterocycles. The number of ether oxygens (including phenoxy) is 1. The summed E-state index contributed by atoms with van der Waals surface area (Å²) in [7, 11) is 1.66. The van der Waals surface area contributed by atoms with Crippen LogP contribution in [0.25, 0.3) is 0 Å². The molecular formula is C14H23N3O3S. The number of benzene rings is 1. The first kappa shape index (κ1) is 16.2. The monoisotopic (exact) mass is 313 g/mol. The summed E-state index contributed by atoms with van der Waals surface area (Å²) < 4.78 is 33.2. The minimum Gasteiger partial charge on any atom is -0.497 e. The Balaban J connectivity index is 2.06. The molecule has 2 rings (SSSR count). The highest BCUT2D eigenvalue weighted by Gasteiger charge is 2.33. The van der Waals surface area contributed by atoms with E-state index in [2.05, 4.69) is 5.32 Å². The lowest BCUT2D eigenvalue weighted by Crippen LogP contribution is -2.41. The van der Waals surface area contributed by atoms with Crippen LogP contribution in [0.3, 0.4) is 0 Å². The Hall–Kier alpha value is -1.15. The predicted molar refractivity (Wildman–Crippen MR) is 82.4 cm³/mol. The zero-order chi connectivity index (χ0) is 15.5. The Kier molecular flexibility index (Phi) is 5.21. The summed E-state index contributed by atoms with van der Waals surface area (Å²) in [6.07, 6.45) is 0.850. The molecule has 1 heterocycles. The van der Waals surface area contributed by atoms with E-state index >= 15 is 0 Å². The Morgan fingerprint density at radius 3 is 2.86 bits per heavy atom. The Bertz CT molecular complexity index is 577. The Morgan fingerprint density at radius 1 is 1.48 bits per heavy atom. The second-order valence-electron chi connectivity index (χ2n) is 5.25. The van der Waals surface area contributed by atoms with E-state index in [-0.39, 0.29) is 6.04 Å². The van der Waals surface area contributed by atoms with Crippen LogP contribution in [0.15, 0.2) is 24.3 Å². The molecule has 1 aromatic carbocycles. The van der Waals surface area contributed by atoms with Gasteiger partial charge in [-0.1, -0.05) is 12.1 Å². The van der Waals surface area contributed by atoms with E-state index in [1.54, 1.807) is 14.2 Å². The summed E-state index contributed by atoms with van der Waals surface area (Å²) in [6, 6.07) is 7.70. The van der Waals surface area contributed by atoms with Crippen molar-refractivity contribution in [2.24, 2.45) is 0 Å².